The van der Waals surface area contributed by atoms with Crippen LogP contribution in [0.15, 0.2) is 34.3 Å². The Kier molecular flexibility index (Phi) is 6.83. The Bertz CT molecular complexity index is 1140. The highest BCUT2D eigenvalue weighted by atomic mass is 32.2. The number of anilines is 1. The highest BCUT2D eigenvalue weighted by Gasteiger charge is 2.19. The van der Waals surface area contributed by atoms with Gasteiger partial charge in [0, 0.05) is 5.56 Å². The van der Waals surface area contributed by atoms with Crippen molar-refractivity contribution in [3.63, 3.8) is 0 Å². The van der Waals surface area contributed by atoms with Crippen LogP contribution >= 0.6 is 0 Å². The van der Waals surface area contributed by atoms with Gasteiger partial charge in [-0.05, 0) is 18.4 Å². The highest BCUT2D eigenvalue weighted by Crippen LogP contribution is 2.21. The Morgan fingerprint density at radius 2 is 2.03 bits per heavy atom. The summed E-state index contributed by atoms with van der Waals surface area (Å²) in [7, 11) is -1.93. The monoisotopic (exact) mass is 437 g/mol. The molecule has 0 aliphatic carbocycles. The summed E-state index contributed by atoms with van der Waals surface area (Å²) < 4.78 is 40.2. The second-order valence-corrected chi connectivity index (χ2v) is 8.50. The summed E-state index contributed by atoms with van der Waals surface area (Å²) >= 11 is 0. The second-order valence-electron chi connectivity index (χ2n) is 7.16. The molecule has 0 saturated carbocycles. The molecular weight excluding hydrogens is 416 g/mol. The van der Waals surface area contributed by atoms with Crippen molar-refractivity contribution in [3.8, 4) is 0 Å². The van der Waals surface area contributed by atoms with E-state index in [1.807, 2.05) is 13.8 Å². The fourth-order valence-electron chi connectivity index (χ4n) is 2.93. The van der Waals surface area contributed by atoms with Gasteiger partial charge in [0.25, 0.3) is 5.56 Å². The van der Waals surface area contributed by atoms with Crippen LogP contribution in [0.5, 0.6) is 0 Å². The first-order valence-corrected chi connectivity index (χ1v) is 10.6. The Morgan fingerprint density at radius 1 is 1.27 bits per heavy atom. The zero-order chi connectivity index (χ0) is 21.8. The first-order valence-electron chi connectivity index (χ1n) is 9.24. The van der Waals surface area contributed by atoms with Crippen LogP contribution in [0.3, 0.4) is 0 Å². The maximum Gasteiger partial charge on any atom is 0.268 e. The number of nitrogens with one attached hydrogen (secondary N) is 2. The number of rotatable bonds is 8. The molecule has 11 heteroatoms. The molecule has 0 aliphatic rings. The number of hydrogen-bond donors (Lipinski definition) is 3. The van der Waals surface area contributed by atoms with Crippen molar-refractivity contribution in [2.75, 3.05) is 11.9 Å². The SMILES string of the molecule is CC(C)C[C@H](CO)Nc1nc(S(=O)Cc2cccc(F)c2F)nc2[nH]c(=O)cnc12. The molecular formula is C19H21F2N5O3S. The van der Waals surface area contributed by atoms with Crippen molar-refractivity contribution >= 4 is 27.8 Å². The molecule has 0 amide bonds. The van der Waals surface area contributed by atoms with Gasteiger partial charge in [-0.1, -0.05) is 26.0 Å². The summed E-state index contributed by atoms with van der Waals surface area (Å²) in [6.07, 6.45) is 1.68. The predicted octanol–water partition coefficient (Wildman–Crippen LogP) is 2.12. The first-order chi connectivity index (χ1) is 14.3. The number of benzene rings is 1. The molecule has 2 heterocycles. The van der Waals surface area contributed by atoms with Crippen molar-refractivity contribution in [1.82, 2.24) is 19.9 Å². The van der Waals surface area contributed by atoms with E-state index in [4.69, 9.17) is 0 Å². The molecule has 0 bridgehead atoms. The fraction of sp³-hybridized carbons (Fsp3) is 0.368. The lowest BCUT2D eigenvalue weighted by Crippen LogP contribution is -2.27. The second kappa shape index (κ2) is 9.35. The van der Waals surface area contributed by atoms with Gasteiger partial charge in [-0.15, -0.1) is 0 Å². The van der Waals surface area contributed by atoms with Crippen molar-refractivity contribution in [3.05, 3.63) is 51.9 Å². The Morgan fingerprint density at radius 3 is 2.73 bits per heavy atom. The van der Waals surface area contributed by atoms with Gasteiger partial charge >= 0.3 is 0 Å². The molecule has 3 rings (SSSR count). The minimum Gasteiger partial charge on any atom is -0.394 e. The van der Waals surface area contributed by atoms with E-state index in [2.05, 4.69) is 25.3 Å². The van der Waals surface area contributed by atoms with Gasteiger partial charge in [0.15, 0.2) is 23.1 Å². The third-order valence-electron chi connectivity index (χ3n) is 4.25. The van der Waals surface area contributed by atoms with Crippen LogP contribution in [0.25, 0.3) is 11.2 Å². The largest absolute Gasteiger partial charge is 0.394 e. The van der Waals surface area contributed by atoms with Crippen LogP contribution in [0.1, 0.15) is 25.8 Å². The highest BCUT2D eigenvalue weighted by molar-refractivity contribution is 7.84. The number of aliphatic hydroxyl groups excluding tert-OH is 1. The number of aromatic nitrogens is 4. The molecule has 0 spiro atoms. The van der Waals surface area contributed by atoms with E-state index in [0.29, 0.717) is 6.42 Å². The van der Waals surface area contributed by atoms with Crippen LogP contribution in [0, 0.1) is 17.6 Å². The molecule has 3 aromatic rings. The lowest BCUT2D eigenvalue weighted by Gasteiger charge is -2.19. The molecule has 2 atom stereocenters. The quantitative estimate of drug-likeness (QED) is 0.462. The number of aliphatic hydroxyl groups is 1. The van der Waals surface area contributed by atoms with Crippen molar-refractivity contribution < 1.29 is 18.1 Å². The molecule has 0 fully saturated rings. The van der Waals surface area contributed by atoms with Crippen molar-refractivity contribution in [2.24, 2.45) is 5.92 Å². The van der Waals surface area contributed by atoms with Gasteiger partial charge in [0.05, 0.1) is 35.4 Å². The first kappa shape index (κ1) is 21.9. The third-order valence-corrected chi connectivity index (χ3v) is 5.42. The fourth-order valence-corrected chi connectivity index (χ4v) is 3.95. The maximum absolute atomic E-state index is 14.0. The lowest BCUT2D eigenvalue weighted by atomic mass is 10.0. The third kappa shape index (κ3) is 5.03. The standard InChI is InChI=1S/C19H21F2N5O3S/c1-10(2)6-12(8-27)23-17-16-18(24-14(28)7-22-16)26-19(25-17)30(29)9-11-4-3-5-13(20)15(11)21/h3-5,7,10,12,27H,6,8-9H2,1-2H3,(H2,23,24,25,26,28)/t12-,30?/m1/s1. The van der Waals surface area contributed by atoms with Gasteiger partial charge in [0.1, 0.15) is 5.52 Å². The maximum atomic E-state index is 14.0. The number of fused-ring (bicyclic) bond motifs is 1. The summed E-state index contributed by atoms with van der Waals surface area (Å²) in [6, 6.07) is 3.25. The number of nitrogens with zero attached hydrogens (tertiary/aromatic N) is 3. The van der Waals surface area contributed by atoms with E-state index in [-0.39, 0.29) is 52.0 Å². The molecule has 0 saturated heterocycles. The normalized spacial score (nSPS) is 13.5. The Hall–Kier alpha value is -2.79. The molecule has 2 aromatic heterocycles. The number of aromatic amines is 1. The Balaban J connectivity index is 2.01. The number of H-pyrrole nitrogens is 1. The predicted molar refractivity (Wildman–Crippen MR) is 108 cm³/mol. The molecule has 160 valence electrons. The number of hydrogen-bond acceptors (Lipinski definition) is 7. The number of halogens is 2. The van der Waals surface area contributed by atoms with Crippen LogP contribution in [-0.4, -0.2) is 41.9 Å². The average Bonchev–Trinajstić information content (AvgIpc) is 2.70. The molecule has 1 unspecified atom stereocenters. The van der Waals surface area contributed by atoms with E-state index in [9.17, 15) is 22.9 Å². The molecule has 0 aliphatic heterocycles. The van der Waals surface area contributed by atoms with Crippen LogP contribution in [-0.2, 0) is 16.6 Å². The van der Waals surface area contributed by atoms with Gasteiger partial charge in [-0.25, -0.2) is 23.7 Å². The van der Waals surface area contributed by atoms with Crippen LogP contribution < -0.4 is 10.9 Å². The minimum absolute atomic E-state index is 0.0456. The summed E-state index contributed by atoms with van der Waals surface area (Å²) in [5.41, 5.74) is -0.320. The smallest absolute Gasteiger partial charge is 0.268 e. The van der Waals surface area contributed by atoms with Gasteiger partial charge in [-0.3, -0.25) is 9.00 Å². The molecule has 3 N–H and O–H groups in total. The summed E-state index contributed by atoms with van der Waals surface area (Å²) in [5, 5.41) is 12.5. The van der Waals surface area contributed by atoms with E-state index >= 15 is 0 Å². The van der Waals surface area contributed by atoms with E-state index in [1.165, 1.54) is 12.1 Å². The van der Waals surface area contributed by atoms with Gasteiger partial charge < -0.3 is 15.4 Å². The topological polar surface area (TPSA) is 121 Å². The van der Waals surface area contributed by atoms with Crippen LogP contribution in [0.4, 0.5) is 14.6 Å². The van der Waals surface area contributed by atoms with E-state index in [0.717, 1.165) is 12.3 Å². The van der Waals surface area contributed by atoms with Crippen LogP contribution in [0.2, 0.25) is 0 Å². The molecule has 0 radical (unpaired) electrons. The van der Waals surface area contributed by atoms with Gasteiger partial charge in [0.2, 0.25) is 5.16 Å². The van der Waals surface area contributed by atoms with Crippen molar-refractivity contribution in [2.45, 2.75) is 37.2 Å². The molecule has 30 heavy (non-hydrogen) atoms. The lowest BCUT2D eigenvalue weighted by molar-refractivity contribution is 0.259. The molecule has 1 aromatic carbocycles. The molecule has 8 nitrogen and oxygen atoms in total. The summed E-state index contributed by atoms with van der Waals surface area (Å²) in [6.45, 7) is 3.80. The average molecular weight is 437 g/mol. The van der Waals surface area contributed by atoms with Crippen molar-refractivity contribution in [1.29, 1.82) is 0 Å². The Labute approximate surface area is 173 Å². The van der Waals surface area contributed by atoms with Gasteiger partial charge in [-0.2, -0.15) is 0 Å². The minimum atomic E-state index is -1.93. The zero-order valence-corrected chi connectivity index (χ0v) is 17.2. The summed E-state index contributed by atoms with van der Waals surface area (Å²) in [4.78, 5) is 26.5. The van der Waals surface area contributed by atoms with E-state index in [1.54, 1.807) is 0 Å². The van der Waals surface area contributed by atoms with E-state index < -0.39 is 28.0 Å². The summed E-state index contributed by atoms with van der Waals surface area (Å²) in [5.74, 6) is -2.02. The zero-order valence-electron chi connectivity index (χ0n) is 16.4.